The number of thioether (sulfide) groups is 1. The fourth-order valence-electron chi connectivity index (χ4n) is 2.02. The quantitative estimate of drug-likeness (QED) is 0.626. The van der Waals surface area contributed by atoms with Crippen LogP contribution in [-0.2, 0) is 6.54 Å². The van der Waals surface area contributed by atoms with Crippen molar-refractivity contribution in [2.24, 2.45) is 5.84 Å². The molecule has 0 aliphatic rings. The van der Waals surface area contributed by atoms with E-state index in [0.29, 0.717) is 0 Å². The molecule has 1 aromatic carbocycles. The summed E-state index contributed by atoms with van der Waals surface area (Å²) >= 11 is 1.86. The zero-order chi connectivity index (χ0) is 13.7. The van der Waals surface area contributed by atoms with Crippen LogP contribution < -0.4 is 11.3 Å². The van der Waals surface area contributed by atoms with Crippen molar-refractivity contribution in [3.8, 4) is 0 Å². The number of hydrogen-bond donors (Lipinski definition) is 2. The van der Waals surface area contributed by atoms with E-state index in [2.05, 4.69) is 40.7 Å². The van der Waals surface area contributed by atoms with Gasteiger partial charge in [-0.15, -0.1) is 0 Å². The maximum atomic E-state index is 5.58. The molecule has 19 heavy (non-hydrogen) atoms. The second kappa shape index (κ2) is 6.75. The number of hydrogen-bond acceptors (Lipinski definition) is 5. The lowest BCUT2D eigenvalue weighted by molar-refractivity contribution is 0.349. The number of rotatable bonds is 6. The molecule has 0 saturated carbocycles. The molecule has 0 spiro atoms. The van der Waals surface area contributed by atoms with Crippen molar-refractivity contribution in [2.75, 3.05) is 31.0 Å². The molecule has 0 radical (unpaired) electrons. The number of benzene rings is 1. The summed E-state index contributed by atoms with van der Waals surface area (Å²) in [4.78, 5) is 6.84. The normalized spacial score (nSPS) is 11.2. The molecule has 2 aromatic rings. The first-order chi connectivity index (χ1) is 9.24. The SMILES string of the molecule is CSCCN(C)Cc1cc2ccccc2nc1NN. The number of anilines is 1. The number of para-hydroxylation sites is 1. The summed E-state index contributed by atoms with van der Waals surface area (Å²) in [6.45, 7) is 1.90. The van der Waals surface area contributed by atoms with Crippen LogP contribution >= 0.6 is 11.8 Å². The zero-order valence-corrected chi connectivity index (χ0v) is 12.2. The van der Waals surface area contributed by atoms with Crippen LogP contribution in [0.4, 0.5) is 5.82 Å². The van der Waals surface area contributed by atoms with Crippen LogP contribution in [0.5, 0.6) is 0 Å². The molecule has 1 aromatic heterocycles. The molecule has 4 nitrogen and oxygen atoms in total. The molecular weight excluding hydrogens is 256 g/mol. The Hall–Kier alpha value is -1.30. The summed E-state index contributed by atoms with van der Waals surface area (Å²) in [7, 11) is 2.12. The highest BCUT2D eigenvalue weighted by molar-refractivity contribution is 7.98. The second-order valence-electron chi connectivity index (χ2n) is 4.56. The van der Waals surface area contributed by atoms with Gasteiger partial charge in [0, 0.05) is 29.8 Å². The molecule has 5 heteroatoms. The molecule has 0 aliphatic carbocycles. The third-order valence-corrected chi connectivity index (χ3v) is 3.65. The number of nitrogens with two attached hydrogens (primary N) is 1. The Balaban J connectivity index is 2.25. The van der Waals surface area contributed by atoms with Gasteiger partial charge in [-0.25, -0.2) is 10.8 Å². The fraction of sp³-hybridized carbons (Fsp3) is 0.357. The van der Waals surface area contributed by atoms with Crippen molar-refractivity contribution in [1.29, 1.82) is 0 Å². The van der Waals surface area contributed by atoms with E-state index in [1.807, 2.05) is 30.0 Å². The van der Waals surface area contributed by atoms with Crippen LogP contribution in [0.25, 0.3) is 10.9 Å². The van der Waals surface area contributed by atoms with Gasteiger partial charge in [0.1, 0.15) is 5.82 Å². The van der Waals surface area contributed by atoms with Gasteiger partial charge in [0.05, 0.1) is 5.52 Å². The summed E-state index contributed by atoms with van der Waals surface area (Å²) in [6.07, 6.45) is 2.12. The first-order valence-corrected chi connectivity index (χ1v) is 7.66. The van der Waals surface area contributed by atoms with Gasteiger partial charge in [0.2, 0.25) is 0 Å². The second-order valence-corrected chi connectivity index (χ2v) is 5.55. The molecule has 0 amide bonds. The smallest absolute Gasteiger partial charge is 0.145 e. The number of aromatic nitrogens is 1. The average molecular weight is 276 g/mol. The third-order valence-electron chi connectivity index (χ3n) is 3.06. The van der Waals surface area contributed by atoms with Crippen molar-refractivity contribution >= 4 is 28.5 Å². The Morgan fingerprint density at radius 1 is 1.37 bits per heavy atom. The van der Waals surface area contributed by atoms with Crippen molar-refractivity contribution in [3.63, 3.8) is 0 Å². The Kier molecular flexibility index (Phi) is 5.01. The lowest BCUT2D eigenvalue weighted by Gasteiger charge is -2.18. The highest BCUT2D eigenvalue weighted by Gasteiger charge is 2.08. The number of nitrogens with zero attached hydrogens (tertiary/aromatic N) is 2. The summed E-state index contributed by atoms with van der Waals surface area (Å²) in [5, 5.41) is 1.15. The van der Waals surface area contributed by atoms with E-state index in [1.165, 1.54) is 0 Å². The molecule has 0 saturated heterocycles. The summed E-state index contributed by atoms with van der Waals surface area (Å²) in [5.41, 5.74) is 4.80. The maximum absolute atomic E-state index is 5.58. The number of fused-ring (bicyclic) bond motifs is 1. The molecule has 0 atom stereocenters. The van der Waals surface area contributed by atoms with Crippen LogP contribution in [0.2, 0.25) is 0 Å². The van der Waals surface area contributed by atoms with Crippen LogP contribution in [0.15, 0.2) is 30.3 Å². The summed E-state index contributed by atoms with van der Waals surface area (Å²) < 4.78 is 0. The monoisotopic (exact) mass is 276 g/mol. The standard InChI is InChI=1S/C14H20N4S/c1-18(7-8-19-2)10-12-9-11-5-3-4-6-13(11)16-14(12)17-15/h3-6,9H,7-8,10,15H2,1-2H3,(H,16,17). The molecule has 102 valence electrons. The highest BCUT2D eigenvalue weighted by atomic mass is 32.2. The van der Waals surface area contributed by atoms with Crippen molar-refractivity contribution < 1.29 is 0 Å². The van der Waals surface area contributed by atoms with Gasteiger partial charge in [-0.2, -0.15) is 11.8 Å². The number of nitrogen functional groups attached to an aromatic ring is 1. The Morgan fingerprint density at radius 2 is 2.16 bits per heavy atom. The first kappa shape index (κ1) is 14.1. The van der Waals surface area contributed by atoms with E-state index < -0.39 is 0 Å². The molecule has 0 aliphatic heterocycles. The van der Waals surface area contributed by atoms with Crippen molar-refractivity contribution in [3.05, 3.63) is 35.9 Å². The molecule has 2 rings (SSSR count). The maximum Gasteiger partial charge on any atom is 0.145 e. The molecular formula is C14H20N4S. The van der Waals surface area contributed by atoms with Gasteiger partial charge in [0.25, 0.3) is 0 Å². The van der Waals surface area contributed by atoms with E-state index in [4.69, 9.17) is 5.84 Å². The Bertz CT molecular complexity index is 544. The first-order valence-electron chi connectivity index (χ1n) is 6.27. The van der Waals surface area contributed by atoms with E-state index in [9.17, 15) is 0 Å². The molecule has 1 heterocycles. The molecule has 0 fully saturated rings. The Morgan fingerprint density at radius 3 is 2.89 bits per heavy atom. The number of pyridine rings is 1. The van der Waals surface area contributed by atoms with E-state index in [-0.39, 0.29) is 0 Å². The number of hydrazine groups is 1. The van der Waals surface area contributed by atoms with Gasteiger partial charge < -0.3 is 10.3 Å². The van der Waals surface area contributed by atoms with Crippen LogP contribution in [0.3, 0.4) is 0 Å². The molecule has 0 unspecified atom stereocenters. The van der Waals surface area contributed by atoms with E-state index >= 15 is 0 Å². The predicted octanol–water partition coefficient (Wildman–Crippen LogP) is 2.32. The lowest BCUT2D eigenvalue weighted by Crippen LogP contribution is -2.22. The van der Waals surface area contributed by atoms with Crippen molar-refractivity contribution in [2.45, 2.75) is 6.54 Å². The minimum atomic E-state index is 0.759. The van der Waals surface area contributed by atoms with Gasteiger partial charge in [0.15, 0.2) is 0 Å². The highest BCUT2D eigenvalue weighted by Crippen LogP contribution is 2.20. The summed E-state index contributed by atoms with van der Waals surface area (Å²) in [6, 6.07) is 10.2. The van der Waals surface area contributed by atoms with Gasteiger partial charge >= 0.3 is 0 Å². The van der Waals surface area contributed by atoms with Gasteiger partial charge in [-0.3, -0.25) is 0 Å². The Labute approximate surface area is 118 Å². The third kappa shape index (κ3) is 3.59. The number of nitrogens with one attached hydrogen (secondary N) is 1. The van der Waals surface area contributed by atoms with E-state index in [1.54, 1.807) is 0 Å². The van der Waals surface area contributed by atoms with Gasteiger partial charge in [-0.1, -0.05) is 18.2 Å². The topological polar surface area (TPSA) is 54.2 Å². The van der Waals surface area contributed by atoms with Crippen LogP contribution in [-0.4, -0.2) is 35.5 Å². The predicted molar refractivity (Wildman–Crippen MR) is 84.3 cm³/mol. The zero-order valence-electron chi connectivity index (χ0n) is 11.4. The molecule has 0 bridgehead atoms. The molecule has 3 N–H and O–H groups in total. The van der Waals surface area contributed by atoms with Crippen molar-refractivity contribution in [1.82, 2.24) is 9.88 Å². The van der Waals surface area contributed by atoms with Crippen LogP contribution in [0, 0.1) is 0 Å². The minimum Gasteiger partial charge on any atom is -0.308 e. The largest absolute Gasteiger partial charge is 0.308 e. The van der Waals surface area contributed by atoms with Crippen LogP contribution in [0.1, 0.15) is 5.56 Å². The van der Waals surface area contributed by atoms with E-state index in [0.717, 1.165) is 41.1 Å². The average Bonchev–Trinajstić information content (AvgIpc) is 2.44. The lowest BCUT2D eigenvalue weighted by atomic mass is 10.1. The summed E-state index contributed by atoms with van der Waals surface area (Å²) in [5.74, 6) is 7.47. The van der Waals surface area contributed by atoms with Gasteiger partial charge in [-0.05, 0) is 25.4 Å². The minimum absolute atomic E-state index is 0.759. The fourth-order valence-corrected chi connectivity index (χ4v) is 2.52.